The van der Waals surface area contributed by atoms with Crippen molar-refractivity contribution >= 4 is 17.9 Å². The molecule has 1 aromatic rings. The molecule has 0 saturated heterocycles. The van der Waals surface area contributed by atoms with Crippen molar-refractivity contribution in [1.82, 2.24) is 10.6 Å². The van der Waals surface area contributed by atoms with Gasteiger partial charge in [-0.15, -0.1) is 6.58 Å². The quantitative estimate of drug-likeness (QED) is 0.642. The first-order valence-electron chi connectivity index (χ1n) is 6.13. The third-order valence-electron chi connectivity index (χ3n) is 2.31. The van der Waals surface area contributed by atoms with Crippen molar-refractivity contribution in [1.29, 1.82) is 0 Å². The third kappa shape index (κ3) is 6.76. The average Bonchev–Trinajstić information content (AvgIpc) is 2.44. The zero-order chi connectivity index (χ0) is 15.7. The Hall–Kier alpha value is -2.83. The molecular formula is C14H16N2O5. The molecule has 0 heterocycles. The number of benzene rings is 1. The molecule has 0 saturated carbocycles. The number of rotatable bonds is 7. The Kier molecular flexibility index (Phi) is 6.46. The minimum atomic E-state index is -0.923. The van der Waals surface area contributed by atoms with Crippen LogP contribution in [0.3, 0.4) is 0 Å². The second-order valence-corrected chi connectivity index (χ2v) is 4.05. The number of amides is 3. The minimum absolute atomic E-state index is 0.0791. The molecule has 112 valence electrons. The summed E-state index contributed by atoms with van der Waals surface area (Å²) in [7, 11) is 0. The number of carboxylic acids is 1. The second-order valence-electron chi connectivity index (χ2n) is 4.05. The van der Waals surface area contributed by atoms with E-state index in [9.17, 15) is 14.4 Å². The van der Waals surface area contributed by atoms with E-state index in [1.807, 2.05) is 0 Å². The number of hydrogen-bond donors (Lipinski definition) is 3. The van der Waals surface area contributed by atoms with Crippen molar-refractivity contribution < 1.29 is 24.2 Å². The molecule has 0 aliphatic rings. The van der Waals surface area contributed by atoms with Gasteiger partial charge in [0.2, 0.25) is 0 Å². The van der Waals surface area contributed by atoms with Crippen LogP contribution in [-0.2, 0) is 16.0 Å². The first kappa shape index (κ1) is 16.2. The number of carboxylic acid groups (broad SMARTS) is 1. The molecule has 0 unspecified atom stereocenters. The lowest BCUT2D eigenvalue weighted by Crippen LogP contribution is -2.41. The number of ether oxygens (including phenoxy) is 1. The van der Waals surface area contributed by atoms with Crippen LogP contribution in [0.2, 0.25) is 0 Å². The predicted octanol–water partition coefficient (Wildman–Crippen LogP) is 0.704. The van der Waals surface area contributed by atoms with Crippen LogP contribution < -0.4 is 15.4 Å². The first-order chi connectivity index (χ1) is 10.0. The molecule has 0 bridgehead atoms. The summed E-state index contributed by atoms with van der Waals surface area (Å²) in [6.07, 6.45) is 1.41. The molecule has 3 N–H and O–H groups in total. The van der Waals surface area contributed by atoms with Crippen LogP contribution >= 0.6 is 0 Å². The molecule has 3 amide bonds. The highest BCUT2D eigenvalue weighted by atomic mass is 16.5. The zero-order valence-electron chi connectivity index (χ0n) is 11.3. The van der Waals surface area contributed by atoms with E-state index in [4.69, 9.17) is 9.84 Å². The van der Waals surface area contributed by atoms with Crippen LogP contribution in [0.25, 0.3) is 0 Å². The number of nitrogens with one attached hydrogen (secondary N) is 2. The lowest BCUT2D eigenvalue weighted by Gasteiger charge is -2.07. The topological polar surface area (TPSA) is 105 Å². The Morgan fingerprint density at radius 1 is 1.24 bits per heavy atom. The van der Waals surface area contributed by atoms with Crippen molar-refractivity contribution in [2.75, 3.05) is 13.2 Å². The van der Waals surface area contributed by atoms with Gasteiger partial charge in [-0.2, -0.15) is 0 Å². The van der Waals surface area contributed by atoms with Crippen LogP contribution in [0.4, 0.5) is 4.79 Å². The van der Waals surface area contributed by atoms with Crippen molar-refractivity contribution in [3.05, 3.63) is 42.5 Å². The largest absolute Gasteiger partial charge is 0.484 e. The van der Waals surface area contributed by atoms with E-state index in [1.165, 1.54) is 6.08 Å². The van der Waals surface area contributed by atoms with Crippen LogP contribution in [0.15, 0.2) is 36.9 Å². The van der Waals surface area contributed by atoms with Gasteiger partial charge in [-0.3, -0.25) is 14.9 Å². The van der Waals surface area contributed by atoms with E-state index in [-0.39, 0.29) is 19.6 Å². The fourth-order valence-electron chi connectivity index (χ4n) is 1.40. The summed E-state index contributed by atoms with van der Waals surface area (Å²) in [5.74, 6) is -1.11. The van der Waals surface area contributed by atoms with Gasteiger partial charge >= 0.3 is 12.0 Å². The summed E-state index contributed by atoms with van der Waals surface area (Å²) in [6.45, 7) is 3.36. The Morgan fingerprint density at radius 3 is 2.48 bits per heavy atom. The number of carbonyl (C=O) groups excluding carboxylic acids is 2. The monoisotopic (exact) mass is 292 g/mol. The van der Waals surface area contributed by atoms with Crippen molar-refractivity contribution in [2.24, 2.45) is 0 Å². The number of urea groups is 1. The van der Waals surface area contributed by atoms with Gasteiger partial charge < -0.3 is 15.2 Å². The summed E-state index contributed by atoms with van der Waals surface area (Å²) in [5, 5.41) is 13.1. The average molecular weight is 292 g/mol. The SMILES string of the molecule is C=CCNC(=O)NC(=O)COc1ccc(CC(=O)O)cc1. The molecule has 0 radical (unpaired) electrons. The summed E-state index contributed by atoms with van der Waals surface area (Å²) in [4.78, 5) is 33.1. The van der Waals surface area contributed by atoms with Crippen molar-refractivity contribution in [2.45, 2.75) is 6.42 Å². The molecule has 0 aliphatic carbocycles. The summed E-state index contributed by atoms with van der Waals surface area (Å²) in [5.41, 5.74) is 0.628. The van der Waals surface area contributed by atoms with E-state index in [0.29, 0.717) is 11.3 Å². The highest BCUT2D eigenvalue weighted by Gasteiger charge is 2.07. The normalized spacial score (nSPS) is 9.52. The Balaban J connectivity index is 2.37. The summed E-state index contributed by atoms with van der Waals surface area (Å²) >= 11 is 0. The number of hydrogen-bond acceptors (Lipinski definition) is 4. The molecule has 21 heavy (non-hydrogen) atoms. The molecule has 0 aromatic heterocycles. The van der Waals surface area contributed by atoms with Gasteiger partial charge in [-0.1, -0.05) is 18.2 Å². The Bertz CT molecular complexity index is 525. The number of imide groups is 1. The van der Waals surface area contributed by atoms with Gasteiger partial charge in [0.15, 0.2) is 6.61 Å². The molecule has 0 fully saturated rings. The van der Waals surface area contributed by atoms with E-state index in [2.05, 4.69) is 17.2 Å². The molecular weight excluding hydrogens is 276 g/mol. The molecule has 7 nitrogen and oxygen atoms in total. The second kappa shape index (κ2) is 8.36. The van der Waals surface area contributed by atoms with Gasteiger partial charge in [-0.25, -0.2) is 4.79 Å². The van der Waals surface area contributed by atoms with Crippen LogP contribution in [0.1, 0.15) is 5.56 Å². The Labute approximate surface area is 121 Å². The highest BCUT2D eigenvalue weighted by molar-refractivity contribution is 5.95. The number of carbonyl (C=O) groups is 3. The van der Waals surface area contributed by atoms with E-state index < -0.39 is 17.9 Å². The van der Waals surface area contributed by atoms with E-state index in [0.717, 1.165) is 0 Å². The van der Waals surface area contributed by atoms with Crippen LogP contribution in [0, 0.1) is 0 Å². The van der Waals surface area contributed by atoms with E-state index >= 15 is 0 Å². The maximum atomic E-state index is 11.4. The minimum Gasteiger partial charge on any atom is -0.484 e. The van der Waals surface area contributed by atoms with Crippen LogP contribution in [0.5, 0.6) is 5.75 Å². The molecule has 1 rings (SSSR count). The highest BCUT2D eigenvalue weighted by Crippen LogP contribution is 2.12. The van der Waals surface area contributed by atoms with Gasteiger partial charge in [0.1, 0.15) is 5.75 Å². The summed E-state index contributed by atoms with van der Waals surface area (Å²) in [6, 6.07) is 5.68. The Morgan fingerprint density at radius 2 is 1.90 bits per heavy atom. The molecule has 7 heteroatoms. The maximum Gasteiger partial charge on any atom is 0.321 e. The van der Waals surface area contributed by atoms with Gasteiger partial charge in [-0.05, 0) is 17.7 Å². The fourth-order valence-corrected chi connectivity index (χ4v) is 1.40. The first-order valence-corrected chi connectivity index (χ1v) is 6.13. The van der Waals surface area contributed by atoms with Gasteiger partial charge in [0.05, 0.1) is 6.42 Å². The van der Waals surface area contributed by atoms with Crippen molar-refractivity contribution in [3.8, 4) is 5.75 Å². The molecule has 0 spiro atoms. The van der Waals surface area contributed by atoms with Crippen molar-refractivity contribution in [3.63, 3.8) is 0 Å². The lowest BCUT2D eigenvalue weighted by molar-refractivity contribution is -0.136. The zero-order valence-corrected chi connectivity index (χ0v) is 11.3. The standard InChI is InChI=1S/C14H16N2O5/c1-2-7-15-14(20)16-12(17)9-21-11-5-3-10(4-6-11)8-13(18)19/h2-6H,1,7-9H2,(H,18,19)(H2,15,16,17,20). The van der Waals surface area contributed by atoms with Crippen LogP contribution in [-0.4, -0.2) is 36.2 Å². The lowest BCUT2D eigenvalue weighted by atomic mass is 10.1. The van der Waals surface area contributed by atoms with E-state index in [1.54, 1.807) is 24.3 Å². The predicted molar refractivity (Wildman–Crippen MR) is 75.0 cm³/mol. The summed E-state index contributed by atoms with van der Waals surface area (Å²) < 4.78 is 5.17. The fraction of sp³-hybridized carbons (Fsp3) is 0.214. The van der Waals surface area contributed by atoms with Gasteiger partial charge in [0, 0.05) is 6.54 Å². The smallest absolute Gasteiger partial charge is 0.321 e. The molecule has 0 aliphatic heterocycles. The maximum absolute atomic E-state index is 11.4. The molecule has 1 aromatic carbocycles. The third-order valence-corrected chi connectivity index (χ3v) is 2.31. The van der Waals surface area contributed by atoms with Gasteiger partial charge in [0.25, 0.3) is 5.91 Å². The molecule has 0 atom stereocenters. The number of aliphatic carboxylic acids is 1.